The minimum absolute atomic E-state index is 0.179. The lowest BCUT2D eigenvalue weighted by atomic mass is 10.4. The van der Waals surface area contributed by atoms with Crippen molar-refractivity contribution in [1.29, 1.82) is 0 Å². The number of carbonyl (C=O) groups is 1. The highest BCUT2D eigenvalue weighted by Crippen LogP contribution is 2.30. The molecular weight excluding hydrogens is 168 g/mol. The van der Waals surface area contributed by atoms with Gasteiger partial charge in [0.25, 0.3) is 5.91 Å². The number of hydrogen-bond acceptors (Lipinski definition) is 3. The van der Waals surface area contributed by atoms with Crippen LogP contribution in [0.1, 0.15) is 23.3 Å². The van der Waals surface area contributed by atoms with Crippen LogP contribution >= 0.6 is 0 Å². The minimum atomic E-state index is -0.179. The summed E-state index contributed by atoms with van der Waals surface area (Å²) in [6.45, 7) is 0.893. The molecule has 5 nitrogen and oxygen atoms in total. The van der Waals surface area contributed by atoms with Crippen molar-refractivity contribution in [3.63, 3.8) is 0 Å². The second-order valence-corrected chi connectivity index (χ2v) is 3.35. The predicted octanol–water partition coefficient (Wildman–Crippen LogP) is 0.0477. The van der Waals surface area contributed by atoms with Gasteiger partial charge in [0.05, 0.1) is 6.20 Å². The Morgan fingerprint density at radius 1 is 1.77 bits per heavy atom. The molecule has 70 valence electrons. The van der Waals surface area contributed by atoms with E-state index in [0.717, 1.165) is 12.5 Å². The Labute approximate surface area is 76.1 Å². The van der Waals surface area contributed by atoms with Gasteiger partial charge in [-0.1, -0.05) is 5.21 Å². The molecule has 1 fully saturated rings. The lowest BCUT2D eigenvalue weighted by Crippen LogP contribution is -2.18. The number of carbonyl (C=O) groups excluding carboxylic acids is 1. The number of nitrogens with one attached hydrogen (secondary N) is 1. The fourth-order valence-corrected chi connectivity index (χ4v) is 1.18. The van der Waals surface area contributed by atoms with Gasteiger partial charge in [-0.2, -0.15) is 0 Å². The molecule has 0 aliphatic heterocycles. The molecular formula is C8H12N4O. The molecule has 2 rings (SSSR count). The Kier molecular flexibility index (Phi) is 2.00. The molecule has 0 aromatic carbocycles. The highest BCUT2D eigenvalue weighted by atomic mass is 16.1. The Bertz CT molecular complexity index is 316. The Morgan fingerprint density at radius 3 is 3.15 bits per heavy atom. The van der Waals surface area contributed by atoms with Crippen LogP contribution in [0.15, 0.2) is 6.20 Å². The number of nitrogens with zero attached hydrogens (tertiary/aromatic N) is 3. The summed E-state index contributed by atoms with van der Waals surface area (Å²) < 4.78 is 1.74. The maximum absolute atomic E-state index is 11.1. The van der Waals surface area contributed by atoms with Crippen LogP contribution in [-0.2, 0) is 6.54 Å². The molecule has 0 spiro atoms. The summed E-state index contributed by atoms with van der Waals surface area (Å²) >= 11 is 0. The van der Waals surface area contributed by atoms with Crippen molar-refractivity contribution in [1.82, 2.24) is 20.3 Å². The van der Waals surface area contributed by atoms with E-state index in [4.69, 9.17) is 0 Å². The Balaban J connectivity index is 2.03. The number of amides is 1. The molecule has 0 saturated heterocycles. The molecule has 1 aromatic heterocycles. The largest absolute Gasteiger partial charge is 0.354 e. The van der Waals surface area contributed by atoms with E-state index in [2.05, 4.69) is 15.6 Å². The Hall–Kier alpha value is -1.39. The second-order valence-electron chi connectivity index (χ2n) is 3.35. The third kappa shape index (κ3) is 1.85. The summed E-state index contributed by atoms with van der Waals surface area (Å²) in [4.78, 5) is 11.1. The third-order valence-corrected chi connectivity index (χ3v) is 2.14. The van der Waals surface area contributed by atoms with Crippen molar-refractivity contribution < 1.29 is 4.79 Å². The van der Waals surface area contributed by atoms with Crippen molar-refractivity contribution >= 4 is 5.91 Å². The Morgan fingerprint density at radius 2 is 2.54 bits per heavy atom. The van der Waals surface area contributed by atoms with E-state index >= 15 is 0 Å². The highest BCUT2D eigenvalue weighted by Gasteiger charge is 2.22. The summed E-state index contributed by atoms with van der Waals surface area (Å²) in [5.41, 5.74) is 0.392. The number of aromatic nitrogens is 3. The fraction of sp³-hybridized carbons (Fsp3) is 0.625. The lowest BCUT2D eigenvalue weighted by molar-refractivity contribution is 0.0958. The van der Waals surface area contributed by atoms with E-state index < -0.39 is 0 Å². The van der Waals surface area contributed by atoms with Crippen molar-refractivity contribution in [3.05, 3.63) is 11.9 Å². The maximum atomic E-state index is 11.1. The summed E-state index contributed by atoms with van der Waals surface area (Å²) in [6, 6.07) is 0. The molecule has 1 aliphatic rings. The molecule has 0 bridgehead atoms. The van der Waals surface area contributed by atoms with Gasteiger partial charge in [0, 0.05) is 13.6 Å². The summed E-state index contributed by atoms with van der Waals surface area (Å²) in [5, 5.41) is 10.1. The summed E-state index contributed by atoms with van der Waals surface area (Å²) in [5.74, 6) is 0.571. The van der Waals surface area contributed by atoms with E-state index in [1.165, 1.54) is 12.8 Å². The van der Waals surface area contributed by atoms with Gasteiger partial charge in [0.2, 0.25) is 0 Å². The predicted molar refractivity (Wildman–Crippen MR) is 46.1 cm³/mol. The average Bonchev–Trinajstić information content (AvgIpc) is 2.81. The van der Waals surface area contributed by atoms with Crippen LogP contribution < -0.4 is 5.32 Å². The first-order chi connectivity index (χ1) is 6.29. The molecule has 1 aromatic rings. The first-order valence-corrected chi connectivity index (χ1v) is 4.42. The van der Waals surface area contributed by atoms with Crippen molar-refractivity contribution in [2.24, 2.45) is 5.92 Å². The van der Waals surface area contributed by atoms with Gasteiger partial charge in [0.15, 0.2) is 5.69 Å². The van der Waals surface area contributed by atoms with Gasteiger partial charge < -0.3 is 5.32 Å². The first-order valence-electron chi connectivity index (χ1n) is 4.42. The zero-order chi connectivity index (χ0) is 9.26. The zero-order valence-electron chi connectivity index (χ0n) is 7.53. The van der Waals surface area contributed by atoms with Crippen LogP contribution in [-0.4, -0.2) is 27.9 Å². The molecule has 1 amide bonds. The van der Waals surface area contributed by atoms with E-state index in [1.54, 1.807) is 17.9 Å². The summed E-state index contributed by atoms with van der Waals surface area (Å²) in [7, 11) is 1.59. The van der Waals surface area contributed by atoms with Gasteiger partial charge in [0.1, 0.15) is 0 Å². The highest BCUT2D eigenvalue weighted by molar-refractivity contribution is 5.91. The van der Waals surface area contributed by atoms with Crippen LogP contribution in [0.25, 0.3) is 0 Å². The van der Waals surface area contributed by atoms with Gasteiger partial charge in [-0.25, -0.2) is 0 Å². The third-order valence-electron chi connectivity index (χ3n) is 2.14. The molecule has 0 radical (unpaired) electrons. The zero-order valence-corrected chi connectivity index (χ0v) is 7.53. The molecule has 5 heteroatoms. The molecule has 13 heavy (non-hydrogen) atoms. The van der Waals surface area contributed by atoms with Gasteiger partial charge in [-0.15, -0.1) is 5.10 Å². The van der Waals surface area contributed by atoms with Crippen LogP contribution in [0.4, 0.5) is 0 Å². The SMILES string of the molecule is CNC(=O)c1cn(CC2CC2)nn1. The van der Waals surface area contributed by atoms with Crippen LogP contribution in [0, 0.1) is 5.92 Å². The van der Waals surface area contributed by atoms with E-state index in [0.29, 0.717) is 5.69 Å². The quantitative estimate of drug-likeness (QED) is 0.714. The smallest absolute Gasteiger partial charge is 0.273 e. The van der Waals surface area contributed by atoms with Crippen LogP contribution in [0.2, 0.25) is 0 Å². The first kappa shape index (κ1) is 8.22. The molecule has 1 saturated carbocycles. The maximum Gasteiger partial charge on any atom is 0.273 e. The summed E-state index contributed by atoms with van der Waals surface area (Å²) in [6.07, 6.45) is 4.24. The second kappa shape index (κ2) is 3.16. The van der Waals surface area contributed by atoms with E-state index in [-0.39, 0.29) is 5.91 Å². The molecule has 1 N–H and O–H groups in total. The van der Waals surface area contributed by atoms with E-state index in [1.807, 2.05) is 0 Å². The molecule has 0 unspecified atom stereocenters. The fourth-order valence-electron chi connectivity index (χ4n) is 1.18. The number of rotatable bonds is 3. The molecule has 0 atom stereocenters. The van der Waals surface area contributed by atoms with Gasteiger partial charge >= 0.3 is 0 Å². The van der Waals surface area contributed by atoms with E-state index in [9.17, 15) is 4.79 Å². The monoisotopic (exact) mass is 180 g/mol. The van der Waals surface area contributed by atoms with Crippen molar-refractivity contribution in [2.45, 2.75) is 19.4 Å². The van der Waals surface area contributed by atoms with Crippen LogP contribution in [0.3, 0.4) is 0 Å². The lowest BCUT2D eigenvalue weighted by Gasteiger charge is -1.94. The van der Waals surface area contributed by atoms with Gasteiger partial charge in [-0.05, 0) is 18.8 Å². The standard InChI is InChI=1S/C8H12N4O/c1-9-8(13)7-5-12(11-10-7)4-6-2-3-6/h5-6H,2-4H2,1H3,(H,9,13). The average molecular weight is 180 g/mol. The normalized spacial score (nSPS) is 15.8. The van der Waals surface area contributed by atoms with Crippen molar-refractivity contribution in [3.8, 4) is 0 Å². The van der Waals surface area contributed by atoms with Crippen LogP contribution in [0.5, 0.6) is 0 Å². The molecule has 1 aliphatic carbocycles. The van der Waals surface area contributed by atoms with Crippen molar-refractivity contribution in [2.75, 3.05) is 7.05 Å². The molecule has 1 heterocycles. The number of hydrogen-bond donors (Lipinski definition) is 1. The van der Waals surface area contributed by atoms with Gasteiger partial charge in [-0.3, -0.25) is 9.48 Å². The minimum Gasteiger partial charge on any atom is -0.354 e. The topological polar surface area (TPSA) is 59.8 Å².